The number of nitrogens with zero attached hydrogens (tertiary/aromatic N) is 1. The lowest BCUT2D eigenvalue weighted by Gasteiger charge is -2.26. The van der Waals surface area contributed by atoms with Gasteiger partial charge in [0.05, 0.1) is 23.1 Å². The molecule has 0 bridgehead atoms. The number of sulfonamides is 1. The van der Waals surface area contributed by atoms with E-state index in [1.54, 1.807) is 12.1 Å². The van der Waals surface area contributed by atoms with Gasteiger partial charge in [0.1, 0.15) is 17.6 Å². The second kappa shape index (κ2) is 5.99. The third-order valence-corrected chi connectivity index (χ3v) is 5.14. The van der Waals surface area contributed by atoms with Crippen LogP contribution in [-0.4, -0.2) is 15.0 Å². The van der Waals surface area contributed by atoms with Crippen molar-refractivity contribution in [3.8, 4) is 11.8 Å². The Labute approximate surface area is 133 Å². The maximum Gasteiger partial charge on any atom is 0.242 e. The van der Waals surface area contributed by atoms with Gasteiger partial charge in [-0.15, -0.1) is 0 Å². The molecule has 1 aliphatic rings. The maximum absolute atomic E-state index is 13.5. The fourth-order valence-corrected chi connectivity index (χ4v) is 3.94. The molecule has 1 N–H and O–H groups in total. The summed E-state index contributed by atoms with van der Waals surface area (Å²) in [5.41, 5.74) is 0.515. The molecule has 3 rings (SSSR count). The van der Waals surface area contributed by atoms with Crippen LogP contribution in [0.3, 0.4) is 0 Å². The number of halogens is 1. The van der Waals surface area contributed by atoms with Crippen LogP contribution in [0.15, 0.2) is 47.4 Å². The fourth-order valence-electron chi connectivity index (χ4n) is 2.53. The summed E-state index contributed by atoms with van der Waals surface area (Å²) >= 11 is 0. The molecular weight excluding hydrogens is 319 g/mol. The lowest BCUT2D eigenvalue weighted by Crippen LogP contribution is -2.32. The van der Waals surface area contributed by atoms with Gasteiger partial charge < -0.3 is 4.74 Å². The Morgan fingerprint density at radius 2 is 2.04 bits per heavy atom. The van der Waals surface area contributed by atoms with E-state index in [2.05, 4.69) is 4.72 Å². The molecule has 7 heteroatoms. The first-order valence-corrected chi connectivity index (χ1v) is 8.43. The average molecular weight is 332 g/mol. The number of nitriles is 1. The van der Waals surface area contributed by atoms with Crippen LogP contribution in [0.5, 0.6) is 5.75 Å². The third-order valence-electron chi connectivity index (χ3n) is 3.61. The van der Waals surface area contributed by atoms with Crippen molar-refractivity contribution in [3.05, 3.63) is 59.4 Å². The van der Waals surface area contributed by atoms with Crippen LogP contribution >= 0.6 is 0 Å². The highest BCUT2D eigenvalue weighted by Crippen LogP contribution is 2.33. The fraction of sp³-hybridized carbons (Fsp3) is 0.188. The van der Waals surface area contributed by atoms with Crippen LogP contribution in [0.25, 0.3) is 0 Å². The van der Waals surface area contributed by atoms with Gasteiger partial charge in [0, 0.05) is 12.0 Å². The molecule has 23 heavy (non-hydrogen) atoms. The first-order chi connectivity index (χ1) is 11.0. The molecule has 0 spiro atoms. The first-order valence-electron chi connectivity index (χ1n) is 6.95. The zero-order valence-corrected chi connectivity index (χ0v) is 12.8. The van der Waals surface area contributed by atoms with Gasteiger partial charge in [-0.1, -0.05) is 12.1 Å². The minimum Gasteiger partial charge on any atom is -0.493 e. The van der Waals surface area contributed by atoms with Gasteiger partial charge in [-0.25, -0.2) is 17.5 Å². The third kappa shape index (κ3) is 3.04. The van der Waals surface area contributed by atoms with Crippen LogP contribution in [0.2, 0.25) is 0 Å². The van der Waals surface area contributed by atoms with Crippen molar-refractivity contribution in [2.24, 2.45) is 0 Å². The van der Waals surface area contributed by atoms with E-state index < -0.39 is 21.9 Å². The van der Waals surface area contributed by atoms with E-state index in [0.717, 1.165) is 0 Å². The van der Waals surface area contributed by atoms with Gasteiger partial charge in [0.2, 0.25) is 10.0 Å². The van der Waals surface area contributed by atoms with E-state index >= 15 is 0 Å². The Bertz CT molecular complexity index is 890. The predicted octanol–water partition coefficient (Wildman–Crippen LogP) is 2.50. The lowest BCUT2D eigenvalue weighted by atomic mass is 10.0. The van der Waals surface area contributed by atoms with Crippen molar-refractivity contribution in [3.63, 3.8) is 0 Å². The van der Waals surface area contributed by atoms with Gasteiger partial charge in [-0.2, -0.15) is 5.26 Å². The Hall–Kier alpha value is -2.43. The van der Waals surface area contributed by atoms with Crippen molar-refractivity contribution >= 4 is 10.0 Å². The maximum atomic E-state index is 13.5. The van der Waals surface area contributed by atoms with E-state index in [0.29, 0.717) is 24.3 Å². The monoisotopic (exact) mass is 332 g/mol. The Balaban J connectivity index is 1.97. The first kappa shape index (κ1) is 15.5. The van der Waals surface area contributed by atoms with Crippen LogP contribution in [-0.2, 0) is 10.0 Å². The number of fused-ring (bicyclic) bond motifs is 1. The second-order valence-corrected chi connectivity index (χ2v) is 6.78. The Kier molecular flexibility index (Phi) is 4.03. The molecule has 1 atom stereocenters. The second-order valence-electron chi connectivity index (χ2n) is 5.10. The van der Waals surface area contributed by atoms with Gasteiger partial charge in [-0.05, 0) is 30.3 Å². The van der Waals surface area contributed by atoms with Crippen LogP contribution in [0.1, 0.15) is 23.6 Å². The van der Waals surface area contributed by atoms with E-state index in [-0.39, 0.29) is 10.5 Å². The van der Waals surface area contributed by atoms with E-state index in [1.165, 1.54) is 30.3 Å². The number of hydrogen-bond donors (Lipinski definition) is 1. The van der Waals surface area contributed by atoms with E-state index in [9.17, 15) is 12.8 Å². The molecule has 1 unspecified atom stereocenters. The summed E-state index contributed by atoms with van der Waals surface area (Å²) in [4.78, 5) is -0.0908. The van der Waals surface area contributed by atoms with E-state index in [4.69, 9.17) is 10.00 Å². The minimum absolute atomic E-state index is 0.0616. The topological polar surface area (TPSA) is 79.2 Å². The predicted molar refractivity (Wildman–Crippen MR) is 80.7 cm³/mol. The van der Waals surface area contributed by atoms with E-state index in [1.807, 2.05) is 6.07 Å². The summed E-state index contributed by atoms with van der Waals surface area (Å²) in [5, 5.41) is 9.07. The number of hydrogen-bond acceptors (Lipinski definition) is 4. The molecule has 1 aliphatic heterocycles. The smallest absolute Gasteiger partial charge is 0.242 e. The normalized spacial score (nSPS) is 17.0. The summed E-state index contributed by atoms with van der Waals surface area (Å²) in [6.07, 6.45) is 0.379. The SMILES string of the molecule is N#Cc1ccccc1S(=O)(=O)NC1CCOc2ccc(F)cc21. The van der Waals surface area contributed by atoms with Crippen molar-refractivity contribution < 1.29 is 17.5 Å². The molecule has 2 aromatic rings. The molecular formula is C16H13FN2O3S. The zero-order chi connectivity index (χ0) is 16.4. The highest BCUT2D eigenvalue weighted by atomic mass is 32.2. The number of ether oxygens (including phenoxy) is 1. The van der Waals surface area contributed by atoms with Gasteiger partial charge >= 0.3 is 0 Å². The van der Waals surface area contributed by atoms with Crippen molar-refractivity contribution in [1.29, 1.82) is 5.26 Å². The van der Waals surface area contributed by atoms with Crippen LogP contribution in [0.4, 0.5) is 4.39 Å². The summed E-state index contributed by atoms with van der Waals surface area (Å²) < 4.78 is 46.6. The van der Waals surface area contributed by atoms with Gasteiger partial charge in [0.15, 0.2) is 0 Å². The largest absolute Gasteiger partial charge is 0.493 e. The van der Waals surface area contributed by atoms with Gasteiger partial charge in [-0.3, -0.25) is 0 Å². The summed E-state index contributed by atoms with van der Waals surface area (Å²) in [7, 11) is -3.91. The molecule has 0 amide bonds. The summed E-state index contributed by atoms with van der Waals surface area (Å²) in [6, 6.07) is 11.2. The zero-order valence-electron chi connectivity index (χ0n) is 12.0. The lowest BCUT2D eigenvalue weighted by molar-refractivity contribution is 0.262. The molecule has 0 aromatic heterocycles. The van der Waals surface area contributed by atoms with Crippen LogP contribution < -0.4 is 9.46 Å². The molecule has 2 aromatic carbocycles. The van der Waals surface area contributed by atoms with Crippen molar-refractivity contribution in [1.82, 2.24) is 4.72 Å². The standard InChI is InChI=1S/C16H13FN2O3S/c17-12-5-6-15-13(9-12)14(7-8-22-15)19-23(20,21)16-4-2-1-3-11(16)10-18/h1-6,9,14,19H,7-8H2. The molecule has 0 fully saturated rings. The molecule has 0 saturated carbocycles. The number of benzene rings is 2. The molecule has 1 heterocycles. The minimum atomic E-state index is -3.91. The number of nitrogens with one attached hydrogen (secondary N) is 1. The summed E-state index contributed by atoms with van der Waals surface area (Å²) in [5.74, 6) is -0.00482. The molecule has 5 nitrogen and oxygen atoms in total. The van der Waals surface area contributed by atoms with Gasteiger partial charge in [0.25, 0.3) is 0 Å². The molecule has 0 aliphatic carbocycles. The quantitative estimate of drug-likeness (QED) is 0.936. The Morgan fingerprint density at radius 1 is 1.26 bits per heavy atom. The van der Waals surface area contributed by atoms with Crippen LogP contribution in [0, 0.1) is 17.1 Å². The summed E-state index contributed by atoms with van der Waals surface area (Å²) in [6.45, 7) is 0.325. The highest BCUT2D eigenvalue weighted by molar-refractivity contribution is 7.89. The van der Waals surface area contributed by atoms with Crippen molar-refractivity contribution in [2.45, 2.75) is 17.4 Å². The molecule has 0 saturated heterocycles. The Morgan fingerprint density at radius 3 is 2.83 bits per heavy atom. The molecule has 0 radical (unpaired) electrons. The average Bonchev–Trinajstić information content (AvgIpc) is 2.55. The number of rotatable bonds is 3. The van der Waals surface area contributed by atoms with Crippen molar-refractivity contribution in [2.75, 3.05) is 6.61 Å². The highest BCUT2D eigenvalue weighted by Gasteiger charge is 2.28. The molecule has 118 valence electrons.